The molecule has 0 atom stereocenters. The Bertz CT molecular complexity index is 1880. The fourth-order valence-corrected chi connectivity index (χ4v) is 5.17. The third kappa shape index (κ3) is 6.17. The molecule has 12 heteroatoms. The summed E-state index contributed by atoms with van der Waals surface area (Å²) in [5, 5.41) is 0. The van der Waals surface area contributed by atoms with Crippen LogP contribution in [0.1, 0.15) is 23.5 Å². The average molecular weight is 586 g/mol. The molecule has 0 aliphatic rings. The van der Waals surface area contributed by atoms with Crippen LogP contribution in [0, 0.1) is 0 Å². The predicted octanol–water partition coefficient (Wildman–Crippen LogP) is 5.90. The molecule has 0 aliphatic heterocycles. The molecule has 0 aliphatic carbocycles. The summed E-state index contributed by atoms with van der Waals surface area (Å²) in [6.45, 7) is -5.94. The number of hydrogen-bond acceptors (Lipinski definition) is 5. The van der Waals surface area contributed by atoms with Gasteiger partial charge in [-0.2, -0.15) is 17.6 Å². The number of imidazole rings is 1. The molecule has 2 aromatic heterocycles. The van der Waals surface area contributed by atoms with E-state index < -0.39 is 28.6 Å². The Kier molecular flexibility index (Phi) is 7.68. The monoisotopic (exact) mass is 585 g/mol. The van der Waals surface area contributed by atoms with Crippen molar-refractivity contribution >= 4 is 20.9 Å². The first-order valence-corrected chi connectivity index (χ1v) is 14.2. The van der Waals surface area contributed by atoms with Gasteiger partial charge in [-0.05, 0) is 53.1 Å². The van der Waals surface area contributed by atoms with Crippen LogP contribution in [-0.2, 0) is 22.8 Å². The van der Waals surface area contributed by atoms with Gasteiger partial charge in [0.2, 0.25) is 0 Å². The van der Waals surface area contributed by atoms with Gasteiger partial charge in [-0.15, -0.1) is 0 Å². The molecule has 0 radical (unpaired) electrons. The number of para-hydroxylation sites is 1. The van der Waals surface area contributed by atoms with Crippen LogP contribution in [0.2, 0.25) is 0 Å². The average Bonchev–Trinajstić information content (AvgIpc) is 3.25. The Morgan fingerprint density at radius 2 is 1.61 bits per heavy atom. The van der Waals surface area contributed by atoms with Crippen LogP contribution in [0.25, 0.3) is 22.2 Å². The van der Waals surface area contributed by atoms with Gasteiger partial charge in [0.15, 0.2) is 9.84 Å². The van der Waals surface area contributed by atoms with Crippen molar-refractivity contribution in [1.29, 1.82) is 0 Å². The van der Waals surface area contributed by atoms with E-state index in [1.807, 2.05) is 0 Å². The van der Waals surface area contributed by atoms with Crippen LogP contribution >= 0.6 is 0 Å². The summed E-state index contributed by atoms with van der Waals surface area (Å²) in [6, 6.07) is 20.3. The number of rotatable bonds is 9. The molecule has 0 spiro atoms. The molecule has 0 N–H and O–H groups in total. The molecule has 5 aromatic rings. The molecular weight excluding hydrogens is 562 g/mol. The zero-order valence-electron chi connectivity index (χ0n) is 21.5. The second kappa shape index (κ2) is 11.2. The molecule has 2 heterocycles. The van der Waals surface area contributed by atoms with Gasteiger partial charge in [0, 0.05) is 30.5 Å². The lowest BCUT2D eigenvalue weighted by atomic mass is 10.1. The highest BCUT2D eigenvalue weighted by Gasteiger charge is 2.17. The topological polar surface area (TPSA) is 83.2 Å². The lowest BCUT2D eigenvalue weighted by molar-refractivity contribution is -0.0504. The lowest BCUT2D eigenvalue weighted by Gasteiger charge is -2.14. The first-order valence-electron chi connectivity index (χ1n) is 12.3. The fraction of sp³-hybridized carbons (Fsp3) is 0.172. The number of aromatic nitrogens is 3. The van der Waals surface area contributed by atoms with Crippen LogP contribution < -0.4 is 10.3 Å². The van der Waals surface area contributed by atoms with Crippen LogP contribution in [0.4, 0.5) is 17.6 Å². The van der Waals surface area contributed by atoms with Crippen molar-refractivity contribution in [3.63, 3.8) is 0 Å². The summed E-state index contributed by atoms with van der Waals surface area (Å²) in [6.07, 6.45) is 2.47. The van der Waals surface area contributed by atoms with E-state index in [2.05, 4.69) is 0 Å². The van der Waals surface area contributed by atoms with E-state index in [1.165, 1.54) is 24.3 Å². The Hall–Kier alpha value is -4.45. The summed E-state index contributed by atoms with van der Waals surface area (Å²) < 4.78 is 83.5. The minimum atomic E-state index is -3.38. The second-order valence-electron chi connectivity index (χ2n) is 9.34. The SMILES string of the molecule is CS(=O)(=O)c1ccc(Cc2nc3ccc(-c4ccc(=O)n(C(F)F)c4)cc3n2Cc2ccccc2OC(F)F)cc1. The molecule has 0 fully saturated rings. The summed E-state index contributed by atoms with van der Waals surface area (Å²) >= 11 is 0. The van der Waals surface area contributed by atoms with E-state index in [9.17, 15) is 30.8 Å². The Balaban J connectivity index is 1.63. The van der Waals surface area contributed by atoms with Gasteiger partial charge in [-0.25, -0.2) is 13.4 Å². The first kappa shape index (κ1) is 28.1. The smallest absolute Gasteiger partial charge is 0.387 e. The van der Waals surface area contributed by atoms with Crippen molar-refractivity contribution in [2.24, 2.45) is 0 Å². The molecule has 5 rings (SSSR count). The van der Waals surface area contributed by atoms with Gasteiger partial charge < -0.3 is 9.30 Å². The summed E-state index contributed by atoms with van der Waals surface area (Å²) in [5.74, 6) is 0.543. The van der Waals surface area contributed by atoms with Gasteiger partial charge in [0.25, 0.3) is 5.56 Å². The van der Waals surface area contributed by atoms with Crippen molar-refractivity contribution < 1.29 is 30.7 Å². The van der Waals surface area contributed by atoms with Gasteiger partial charge in [0.05, 0.1) is 22.5 Å². The van der Waals surface area contributed by atoms with E-state index in [1.54, 1.807) is 53.1 Å². The zero-order chi connectivity index (χ0) is 29.3. The maximum absolute atomic E-state index is 13.4. The molecule has 7 nitrogen and oxygen atoms in total. The largest absolute Gasteiger partial charge is 0.434 e. The Morgan fingerprint density at radius 3 is 2.29 bits per heavy atom. The number of alkyl halides is 4. The summed E-state index contributed by atoms with van der Waals surface area (Å²) in [5.41, 5.74) is 2.44. The van der Waals surface area contributed by atoms with Gasteiger partial charge in [-0.1, -0.05) is 36.4 Å². The molecule has 0 saturated carbocycles. The van der Waals surface area contributed by atoms with Gasteiger partial charge >= 0.3 is 13.2 Å². The van der Waals surface area contributed by atoms with E-state index in [4.69, 9.17) is 9.72 Å². The third-order valence-electron chi connectivity index (χ3n) is 6.54. The Morgan fingerprint density at radius 1 is 0.902 bits per heavy atom. The van der Waals surface area contributed by atoms with Crippen molar-refractivity contribution in [3.8, 4) is 16.9 Å². The zero-order valence-corrected chi connectivity index (χ0v) is 22.4. The van der Waals surface area contributed by atoms with Gasteiger partial charge in [0.1, 0.15) is 11.6 Å². The number of halogens is 4. The van der Waals surface area contributed by atoms with Crippen molar-refractivity contribution in [1.82, 2.24) is 14.1 Å². The molecule has 0 unspecified atom stereocenters. The van der Waals surface area contributed by atoms with E-state index in [-0.39, 0.29) is 23.6 Å². The highest BCUT2D eigenvalue weighted by atomic mass is 32.2. The molecule has 41 heavy (non-hydrogen) atoms. The predicted molar refractivity (Wildman–Crippen MR) is 145 cm³/mol. The normalized spacial score (nSPS) is 12.0. The Labute approximate surface area is 232 Å². The molecule has 0 amide bonds. The number of ether oxygens (including phenoxy) is 1. The third-order valence-corrected chi connectivity index (χ3v) is 7.67. The number of sulfone groups is 1. The van der Waals surface area contributed by atoms with Gasteiger partial charge in [-0.3, -0.25) is 9.36 Å². The summed E-state index contributed by atoms with van der Waals surface area (Å²) in [4.78, 5) is 16.8. The lowest BCUT2D eigenvalue weighted by Crippen LogP contribution is -2.18. The maximum atomic E-state index is 13.4. The van der Waals surface area contributed by atoms with Crippen LogP contribution in [0.5, 0.6) is 5.75 Å². The molecule has 0 bridgehead atoms. The minimum Gasteiger partial charge on any atom is -0.434 e. The number of hydrogen-bond donors (Lipinski definition) is 0. The van der Waals surface area contributed by atoms with E-state index in [0.717, 1.165) is 24.1 Å². The number of fused-ring (bicyclic) bond motifs is 1. The first-order chi connectivity index (χ1) is 19.5. The van der Waals surface area contributed by atoms with Crippen molar-refractivity contribution in [2.75, 3.05) is 6.26 Å². The molecule has 0 saturated heterocycles. The van der Waals surface area contributed by atoms with E-state index in [0.29, 0.717) is 38.1 Å². The number of benzene rings is 3. The summed E-state index contributed by atoms with van der Waals surface area (Å²) in [7, 11) is -3.38. The highest BCUT2D eigenvalue weighted by molar-refractivity contribution is 7.90. The molecule has 212 valence electrons. The minimum absolute atomic E-state index is 0.00651. The number of pyridine rings is 1. The van der Waals surface area contributed by atoms with Crippen LogP contribution in [0.3, 0.4) is 0 Å². The quantitative estimate of drug-likeness (QED) is 0.201. The molecular formula is C29H23F4N3O4S. The number of nitrogens with zero attached hydrogens (tertiary/aromatic N) is 3. The standard InChI is InChI=1S/C29H23F4N3O4S/c1-41(38,39)22-10-6-18(7-11-22)14-26-34-23-12-8-19(20-9-13-27(37)36(16-20)28(30)31)15-24(23)35(26)17-21-4-2-3-5-25(21)40-29(32)33/h2-13,15-16,28-29H,14,17H2,1H3. The van der Waals surface area contributed by atoms with Crippen LogP contribution in [0.15, 0.2) is 94.7 Å². The highest BCUT2D eigenvalue weighted by Crippen LogP contribution is 2.29. The molecule has 3 aromatic carbocycles. The van der Waals surface area contributed by atoms with Crippen LogP contribution in [-0.4, -0.2) is 35.4 Å². The second-order valence-corrected chi connectivity index (χ2v) is 11.4. The van der Waals surface area contributed by atoms with E-state index >= 15 is 0 Å². The van der Waals surface area contributed by atoms with Crippen molar-refractivity contribution in [3.05, 3.63) is 112 Å². The fourth-order valence-electron chi connectivity index (χ4n) is 4.54. The van der Waals surface area contributed by atoms with Crippen molar-refractivity contribution in [2.45, 2.75) is 31.0 Å². The maximum Gasteiger partial charge on any atom is 0.387 e.